The maximum absolute atomic E-state index is 10.2. The summed E-state index contributed by atoms with van der Waals surface area (Å²) in [6.45, 7) is 6.54. The number of rotatable bonds is 7. The lowest BCUT2D eigenvalue weighted by atomic mass is 9.81. The topological polar surface area (TPSA) is 56.5 Å². The molecule has 0 unspecified atom stereocenters. The minimum atomic E-state index is -0.125. The minimum Gasteiger partial charge on any atom is -0.497 e. The first-order valence-electron chi connectivity index (χ1n) is 9.92. The van der Waals surface area contributed by atoms with Crippen LogP contribution < -0.4 is 4.74 Å². The van der Waals surface area contributed by atoms with Crippen molar-refractivity contribution in [3.8, 4) is 11.8 Å². The Hall–Kier alpha value is -2.35. The van der Waals surface area contributed by atoms with E-state index in [2.05, 4.69) is 36.9 Å². The van der Waals surface area contributed by atoms with Gasteiger partial charge in [0, 0.05) is 24.1 Å². The molecule has 2 aromatic rings. The van der Waals surface area contributed by atoms with Gasteiger partial charge in [0.25, 0.3) is 0 Å². The number of ether oxygens (including phenoxy) is 1. The largest absolute Gasteiger partial charge is 0.497 e. The number of nitrogens with zero attached hydrogens (tertiary/aromatic N) is 2. The van der Waals surface area contributed by atoms with E-state index >= 15 is 0 Å². The van der Waals surface area contributed by atoms with Crippen molar-refractivity contribution >= 4 is 0 Å². The van der Waals surface area contributed by atoms with E-state index in [4.69, 9.17) is 10.00 Å². The van der Waals surface area contributed by atoms with Crippen molar-refractivity contribution in [2.24, 2.45) is 5.41 Å². The van der Waals surface area contributed by atoms with E-state index in [0.29, 0.717) is 5.56 Å². The molecule has 148 valence electrons. The first kappa shape index (κ1) is 20.4. The van der Waals surface area contributed by atoms with Gasteiger partial charge < -0.3 is 9.84 Å². The molecule has 0 radical (unpaired) electrons. The Morgan fingerprint density at radius 3 is 2.61 bits per heavy atom. The van der Waals surface area contributed by atoms with Gasteiger partial charge in [-0.05, 0) is 75.0 Å². The number of likely N-dealkylation sites (tertiary alicyclic amines) is 1. The highest BCUT2D eigenvalue weighted by Crippen LogP contribution is 2.41. The van der Waals surface area contributed by atoms with Crippen molar-refractivity contribution in [1.82, 2.24) is 4.90 Å². The minimum absolute atomic E-state index is 0.0793. The van der Waals surface area contributed by atoms with Crippen LogP contribution in [0.1, 0.15) is 43.4 Å². The van der Waals surface area contributed by atoms with Gasteiger partial charge in [-0.25, -0.2) is 0 Å². The van der Waals surface area contributed by atoms with Gasteiger partial charge in [-0.1, -0.05) is 24.3 Å². The van der Waals surface area contributed by atoms with Gasteiger partial charge in [0.1, 0.15) is 5.75 Å². The molecule has 0 bridgehead atoms. The molecular weight excluding hydrogens is 348 g/mol. The van der Waals surface area contributed by atoms with Crippen molar-refractivity contribution < 1.29 is 9.84 Å². The van der Waals surface area contributed by atoms with Crippen molar-refractivity contribution in [2.75, 3.05) is 26.8 Å². The molecule has 1 saturated heterocycles. The van der Waals surface area contributed by atoms with Gasteiger partial charge in [0.15, 0.2) is 0 Å². The highest BCUT2D eigenvalue weighted by Gasteiger charge is 2.43. The smallest absolute Gasteiger partial charge is 0.119 e. The van der Waals surface area contributed by atoms with Crippen LogP contribution in [-0.4, -0.2) is 36.8 Å². The summed E-state index contributed by atoms with van der Waals surface area (Å²) in [6, 6.07) is 18.2. The molecule has 28 heavy (non-hydrogen) atoms. The number of aryl methyl sites for hydroxylation is 1. The third-order valence-electron chi connectivity index (χ3n) is 6.37. The van der Waals surface area contributed by atoms with Crippen molar-refractivity contribution in [2.45, 2.75) is 38.6 Å². The number of aliphatic hydroxyl groups is 1. The summed E-state index contributed by atoms with van der Waals surface area (Å²) in [4.78, 5) is 2.48. The zero-order valence-corrected chi connectivity index (χ0v) is 17.1. The summed E-state index contributed by atoms with van der Waals surface area (Å²) in [5.41, 5.74) is 2.93. The number of nitriles is 1. The quantitative estimate of drug-likeness (QED) is 0.787. The molecule has 0 amide bonds. The van der Waals surface area contributed by atoms with Crippen LogP contribution >= 0.6 is 0 Å². The summed E-state index contributed by atoms with van der Waals surface area (Å²) in [5.74, 6) is 0.874. The number of methoxy groups -OCH3 is 1. The summed E-state index contributed by atoms with van der Waals surface area (Å²) < 4.78 is 5.40. The second-order valence-electron chi connectivity index (χ2n) is 8.43. The van der Waals surface area contributed by atoms with Gasteiger partial charge in [-0.2, -0.15) is 5.26 Å². The Labute approximate surface area is 168 Å². The van der Waals surface area contributed by atoms with Gasteiger partial charge in [0.2, 0.25) is 0 Å². The van der Waals surface area contributed by atoms with E-state index in [1.165, 1.54) is 11.1 Å². The summed E-state index contributed by atoms with van der Waals surface area (Å²) in [7, 11) is 1.70. The van der Waals surface area contributed by atoms with Crippen LogP contribution in [0.25, 0.3) is 0 Å². The SMILES string of the molecule is COc1cccc(C(C)(C)N2CC[C@](CO)(CCc3ccc(C#N)cc3)C2)c1. The molecule has 0 aromatic heterocycles. The molecule has 3 rings (SSSR count). The molecule has 2 aromatic carbocycles. The molecular formula is C24H30N2O2. The van der Waals surface area contributed by atoms with E-state index < -0.39 is 0 Å². The molecule has 1 atom stereocenters. The van der Waals surface area contributed by atoms with E-state index in [1.54, 1.807) is 7.11 Å². The predicted molar refractivity (Wildman–Crippen MR) is 111 cm³/mol. The molecule has 0 saturated carbocycles. The standard InChI is InChI=1S/C24H30N2O2/c1-23(2,21-5-4-6-22(15-21)28-3)26-14-13-24(17-26,18-27)12-11-19-7-9-20(16-25)10-8-19/h4-10,15,27H,11-14,17-18H2,1-3H3/t24-/m1/s1. The molecule has 1 heterocycles. The fourth-order valence-corrected chi connectivity index (χ4v) is 4.17. The van der Waals surface area contributed by atoms with Crippen LogP contribution in [0.5, 0.6) is 5.75 Å². The van der Waals surface area contributed by atoms with Crippen molar-refractivity contribution in [3.63, 3.8) is 0 Å². The molecule has 1 aliphatic heterocycles. The average Bonchev–Trinajstić information content (AvgIpc) is 3.18. The Kier molecular flexibility index (Phi) is 6.07. The fraction of sp³-hybridized carbons (Fsp3) is 0.458. The summed E-state index contributed by atoms with van der Waals surface area (Å²) in [6.07, 6.45) is 2.85. The van der Waals surface area contributed by atoms with Gasteiger partial charge in [0.05, 0.1) is 18.7 Å². The highest BCUT2D eigenvalue weighted by molar-refractivity contribution is 5.33. The molecule has 1 aliphatic rings. The summed E-state index contributed by atoms with van der Waals surface area (Å²) >= 11 is 0. The summed E-state index contributed by atoms with van der Waals surface area (Å²) in [5, 5.41) is 19.2. The lowest BCUT2D eigenvalue weighted by molar-refractivity contribution is 0.0871. The van der Waals surface area contributed by atoms with E-state index in [1.807, 2.05) is 36.4 Å². The molecule has 4 heteroatoms. The molecule has 1 fully saturated rings. The van der Waals surface area contributed by atoms with Gasteiger partial charge >= 0.3 is 0 Å². The normalized spacial score (nSPS) is 20.1. The maximum atomic E-state index is 10.2. The third-order valence-corrected chi connectivity index (χ3v) is 6.37. The average molecular weight is 379 g/mol. The Morgan fingerprint density at radius 1 is 1.21 bits per heavy atom. The monoisotopic (exact) mass is 378 g/mol. The van der Waals surface area contributed by atoms with Gasteiger partial charge in [-0.15, -0.1) is 0 Å². The van der Waals surface area contributed by atoms with Crippen LogP contribution in [0.4, 0.5) is 0 Å². The zero-order valence-electron chi connectivity index (χ0n) is 17.1. The lowest BCUT2D eigenvalue weighted by Crippen LogP contribution is -2.42. The van der Waals surface area contributed by atoms with Crippen LogP contribution in [0.15, 0.2) is 48.5 Å². The number of aliphatic hydroxyl groups excluding tert-OH is 1. The first-order chi connectivity index (χ1) is 13.4. The second kappa shape index (κ2) is 8.34. The molecule has 4 nitrogen and oxygen atoms in total. The van der Waals surface area contributed by atoms with Crippen LogP contribution in [0.3, 0.4) is 0 Å². The van der Waals surface area contributed by atoms with E-state index in [9.17, 15) is 5.11 Å². The number of hydrogen-bond donors (Lipinski definition) is 1. The second-order valence-corrected chi connectivity index (χ2v) is 8.43. The Bertz CT molecular complexity index is 838. The van der Waals surface area contributed by atoms with Crippen LogP contribution in [0.2, 0.25) is 0 Å². The molecule has 0 aliphatic carbocycles. The number of hydrogen-bond acceptors (Lipinski definition) is 4. The van der Waals surface area contributed by atoms with Crippen molar-refractivity contribution in [3.05, 3.63) is 65.2 Å². The fourth-order valence-electron chi connectivity index (χ4n) is 4.17. The zero-order chi connectivity index (χ0) is 20.2. The van der Waals surface area contributed by atoms with Crippen molar-refractivity contribution in [1.29, 1.82) is 5.26 Å². The maximum Gasteiger partial charge on any atom is 0.119 e. The van der Waals surface area contributed by atoms with E-state index in [0.717, 1.165) is 38.1 Å². The van der Waals surface area contributed by atoms with E-state index in [-0.39, 0.29) is 17.6 Å². The third kappa shape index (κ3) is 4.22. The Balaban J connectivity index is 1.70. The van der Waals surface area contributed by atoms with Gasteiger partial charge in [-0.3, -0.25) is 4.90 Å². The lowest BCUT2D eigenvalue weighted by Gasteiger charge is -2.38. The highest BCUT2D eigenvalue weighted by atomic mass is 16.5. The predicted octanol–water partition coefficient (Wildman–Crippen LogP) is 4.12. The van der Waals surface area contributed by atoms with Crippen LogP contribution in [-0.2, 0) is 12.0 Å². The first-order valence-corrected chi connectivity index (χ1v) is 9.92. The van der Waals surface area contributed by atoms with Crippen LogP contribution in [0, 0.1) is 16.7 Å². The Morgan fingerprint density at radius 2 is 1.96 bits per heavy atom. The molecule has 1 N–H and O–H groups in total. The molecule has 0 spiro atoms. The number of benzene rings is 2.